The van der Waals surface area contributed by atoms with Gasteiger partial charge in [0, 0.05) is 31.8 Å². The van der Waals surface area contributed by atoms with E-state index in [2.05, 4.69) is 0 Å². The van der Waals surface area contributed by atoms with Gasteiger partial charge in [-0.2, -0.15) is 0 Å². The fourth-order valence-corrected chi connectivity index (χ4v) is 2.53. The van der Waals surface area contributed by atoms with Crippen molar-refractivity contribution >= 4 is 0 Å². The average Bonchev–Trinajstić information content (AvgIpc) is 2.69. The molecule has 0 aromatic heterocycles. The minimum absolute atomic E-state index is 0.0820. The van der Waals surface area contributed by atoms with Crippen LogP contribution in [0.2, 0.25) is 0 Å². The van der Waals surface area contributed by atoms with Crippen molar-refractivity contribution in [1.29, 1.82) is 0 Å². The standard InChI is InChI=1S/C13H18F2N2O/c1-18-8-7-17-6-5-11(16)13(17)12-9(14)3-2-4-10(12)15/h2-4,11,13H,5-8,16H2,1H3. The van der Waals surface area contributed by atoms with Gasteiger partial charge in [0.05, 0.1) is 12.6 Å². The molecule has 0 radical (unpaired) electrons. The zero-order chi connectivity index (χ0) is 13.1. The van der Waals surface area contributed by atoms with Gasteiger partial charge in [-0.1, -0.05) is 6.07 Å². The van der Waals surface area contributed by atoms with Crippen LogP contribution in [0.4, 0.5) is 8.78 Å². The summed E-state index contributed by atoms with van der Waals surface area (Å²) in [4.78, 5) is 1.98. The van der Waals surface area contributed by atoms with Gasteiger partial charge in [-0.05, 0) is 18.6 Å². The fourth-order valence-electron chi connectivity index (χ4n) is 2.53. The number of halogens is 2. The van der Waals surface area contributed by atoms with E-state index in [9.17, 15) is 8.78 Å². The monoisotopic (exact) mass is 256 g/mol. The maximum Gasteiger partial charge on any atom is 0.130 e. The Morgan fingerprint density at radius 1 is 1.39 bits per heavy atom. The molecule has 0 bridgehead atoms. The van der Waals surface area contributed by atoms with E-state index in [1.807, 2.05) is 4.90 Å². The van der Waals surface area contributed by atoms with Crippen LogP contribution >= 0.6 is 0 Å². The molecule has 1 aromatic rings. The van der Waals surface area contributed by atoms with Crippen molar-refractivity contribution in [2.45, 2.75) is 18.5 Å². The van der Waals surface area contributed by atoms with Gasteiger partial charge < -0.3 is 10.5 Å². The second-order valence-corrected chi connectivity index (χ2v) is 4.56. The largest absolute Gasteiger partial charge is 0.383 e. The van der Waals surface area contributed by atoms with Crippen LogP contribution in [0.5, 0.6) is 0 Å². The maximum absolute atomic E-state index is 13.8. The molecule has 1 aliphatic heterocycles. The third-order valence-corrected chi connectivity index (χ3v) is 3.43. The molecule has 18 heavy (non-hydrogen) atoms. The van der Waals surface area contributed by atoms with Crippen LogP contribution in [0.1, 0.15) is 18.0 Å². The van der Waals surface area contributed by atoms with Crippen molar-refractivity contribution in [3.63, 3.8) is 0 Å². The topological polar surface area (TPSA) is 38.5 Å². The van der Waals surface area contributed by atoms with Gasteiger partial charge in [0.25, 0.3) is 0 Å². The summed E-state index contributed by atoms with van der Waals surface area (Å²) in [6.45, 7) is 1.89. The molecule has 2 N–H and O–H groups in total. The van der Waals surface area contributed by atoms with Crippen LogP contribution < -0.4 is 5.73 Å². The molecule has 5 heteroatoms. The van der Waals surface area contributed by atoms with Gasteiger partial charge in [0.2, 0.25) is 0 Å². The summed E-state index contributed by atoms with van der Waals surface area (Å²) in [7, 11) is 1.61. The summed E-state index contributed by atoms with van der Waals surface area (Å²) in [5, 5.41) is 0. The lowest BCUT2D eigenvalue weighted by Crippen LogP contribution is -2.35. The predicted octanol–water partition coefficient (Wildman–Crippen LogP) is 1.69. The van der Waals surface area contributed by atoms with Crippen molar-refractivity contribution in [2.24, 2.45) is 5.73 Å². The number of likely N-dealkylation sites (tertiary alicyclic amines) is 1. The quantitative estimate of drug-likeness (QED) is 0.891. The van der Waals surface area contributed by atoms with Crippen molar-refractivity contribution < 1.29 is 13.5 Å². The Bertz CT molecular complexity index is 394. The molecule has 1 aliphatic rings. The lowest BCUT2D eigenvalue weighted by molar-refractivity contribution is 0.136. The Morgan fingerprint density at radius 3 is 2.67 bits per heavy atom. The molecule has 0 spiro atoms. The second-order valence-electron chi connectivity index (χ2n) is 4.56. The molecule has 0 aliphatic carbocycles. The van der Waals surface area contributed by atoms with Gasteiger partial charge in [-0.15, -0.1) is 0 Å². The first kappa shape index (κ1) is 13.4. The molecule has 2 atom stereocenters. The Labute approximate surface area is 106 Å². The van der Waals surface area contributed by atoms with Crippen molar-refractivity contribution in [2.75, 3.05) is 26.8 Å². The molecule has 1 saturated heterocycles. The van der Waals surface area contributed by atoms with Gasteiger partial charge in [0.1, 0.15) is 11.6 Å². The molecular weight excluding hydrogens is 238 g/mol. The SMILES string of the molecule is COCCN1CCC(N)C1c1c(F)cccc1F. The summed E-state index contributed by atoms with van der Waals surface area (Å²) in [6.07, 6.45) is 0.738. The first-order valence-electron chi connectivity index (χ1n) is 6.07. The average molecular weight is 256 g/mol. The van der Waals surface area contributed by atoms with Crippen LogP contribution in [0.25, 0.3) is 0 Å². The summed E-state index contributed by atoms with van der Waals surface area (Å²) in [5.41, 5.74) is 6.08. The number of methoxy groups -OCH3 is 1. The number of nitrogens with two attached hydrogens (primary N) is 1. The molecule has 1 heterocycles. The number of hydrogen-bond acceptors (Lipinski definition) is 3. The molecule has 0 amide bonds. The van der Waals surface area contributed by atoms with Crippen LogP contribution in [0.15, 0.2) is 18.2 Å². The summed E-state index contributed by atoms with van der Waals surface area (Å²) in [6, 6.07) is 3.28. The van der Waals surface area contributed by atoms with Gasteiger partial charge >= 0.3 is 0 Å². The third-order valence-electron chi connectivity index (χ3n) is 3.43. The molecule has 1 aromatic carbocycles. The Kier molecular flexibility index (Phi) is 4.27. The van der Waals surface area contributed by atoms with E-state index in [0.29, 0.717) is 13.2 Å². The molecule has 3 nitrogen and oxygen atoms in total. The second kappa shape index (κ2) is 5.73. The van der Waals surface area contributed by atoms with E-state index in [1.165, 1.54) is 18.2 Å². The third kappa shape index (κ3) is 2.53. The van der Waals surface area contributed by atoms with Crippen LogP contribution in [0, 0.1) is 11.6 Å². The van der Waals surface area contributed by atoms with E-state index < -0.39 is 17.7 Å². The first-order chi connectivity index (χ1) is 8.65. The fraction of sp³-hybridized carbons (Fsp3) is 0.538. The zero-order valence-corrected chi connectivity index (χ0v) is 10.4. The predicted molar refractivity (Wildman–Crippen MR) is 65.1 cm³/mol. The maximum atomic E-state index is 13.8. The van der Waals surface area contributed by atoms with Gasteiger partial charge in [-0.3, -0.25) is 4.90 Å². The van der Waals surface area contributed by atoms with Crippen LogP contribution in [-0.2, 0) is 4.74 Å². The summed E-state index contributed by atoms with van der Waals surface area (Å²) < 4.78 is 32.6. The normalized spacial score (nSPS) is 24.7. The van der Waals surface area contributed by atoms with E-state index in [-0.39, 0.29) is 11.6 Å². The summed E-state index contributed by atoms with van der Waals surface area (Å²) in [5.74, 6) is -1.06. The Balaban J connectivity index is 2.28. The van der Waals surface area contributed by atoms with E-state index in [4.69, 9.17) is 10.5 Å². The lowest BCUT2D eigenvalue weighted by Gasteiger charge is -2.27. The molecular formula is C13H18F2N2O. The van der Waals surface area contributed by atoms with Crippen LogP contribution in [-0.4, -0.2) is 37.7 Å². The molecule has 2 rings (SSSR count). The zero-order valence-electron chi connectivity index (χ0n) is 10.4. The number of nitrogens with zero attached hydrogens (tertiary/aromatic N) is 1. The molecule has 1 fully saturated rings. The van der Waals surface area contributed by atoms with Crippen LogP contribution in [0.3, 0.4) is 0 Å². The van der Waals surface area contributed by atoms with Crippen molar-refractivity contribution in [3.05, 3.63) is 35.4 Å². The highest BCUT2D eigenvalue weighted by Gasteiger charge is 2.36. The molecule has 2 unspecified atom stereocenters. The molecule has 100 valence electrons. The molecule has 0 saturated carbocycles. The van der Waals surface area contributed by atoms with Gasteiger partial charge in [0.15, 0.2) is 0 Å². The van der Waals surface area contributed by atoms with E-state index in [1.54, 1.807) is 7.11 Å². The highest BCUT2D eigenvalue weighted by atomic mass is 19.1. The number of hydrogen-bond donors (Lipinski definition) is 1. The van der Waals surface area contributed by atoms with Gasteiger partial charge in [-0.25, -0.2) is 8.78 Å². The number of benzene rings is 1. The minimum atomic E-state index is -0.528. The summed E-state index contributed by atoms with van der Waals surface area (Å²) >= 11 is 0. The van der Waals surface area contributed by atoms with E-state index >= 15 is 0 Å². The highest BCUT2D eigenvalue weighted by Crippen LogP contribution is 2.33. The lowest BCUT2D eigenvalue weighted by atomic mass is 9.99. The number of rotatable bonds is 4. The number of ether oxygens (including phenoxy) is 1. The smallest absolute Gasteiger partial charge is 0.130 e. The van der Waals surface area contributed by atoms with E-state index in [0.717, 1.165) is 13.0 Å². The minimum Gasteiger partial charge on any atom is -0.383 e. The highest BCUT2D eigenvalue weighted by molar-refractivity contribution is 5.26. The van der Waals surface area contributed by atoms with Crippen molar-refractivity contribution in [3.8, 4) is 0 Å². The van der Waals surface area contributed by atoms with Crippen molar-refractivity contribution in [1.82, 2.24) is 4.90 Å². The Morgan fingerprint density at radius 2 is 2.06 bits per heavy atom. The first-order valence-corrected chi connectivity index (χ1v) is 6.07. The Hall–Kier alpha value is -1.04.